The van der Waals surface area contributed by atoms with E-state index in [0.29, 0.717) is 12.5 Å². The van der Waals surface area contributed by atoms with Crippen molar-refractivity contribution in [2.45, 2.75) is 6.04 Å². The van der Waals surface area contributed by atoms with Crippen molar-refractivity contribution in [1.82, 2.24) is 5.32 Å². The van der Waals surface area contributed by atoms with E-state index in [1.807, 2.05) is 24.3 Å². The largest absolute Gasteiger partial charge is 0.370 e. The van der Waals surface area contributed by atoms with Gasteiger partial charge in [0.05, 0.1) is 12.6 Å². The molecule has 3 nitrogen and oxygen atoms in total. The van der Waals surface area contributed by atoms with Crippen molar-refractivity contribution in [3.05, 3.63) is 34.9 Å². The fraction of sp³-hybridized carbons (Fsp3) is 0.222. The highest BCUT2D eigenvalue weighted by Crippen LogP contribution is 2.24. The molecule has 1 atom stereocenters. The fourth-order valence-electron chi connectivity index (χ4n) is 1.39. The van der Waals surface area contributed by atoms with E-state index in [-0.39, 0.29) is 23.0 Å². The number of nitrogens with two attached hydrogens (primary N) is 1. The Balaban J connectivity index is 0.000000980. The van der Waals surface area contributed by atoms with Crippen LogP contribution in [-0.4, -0.2) is 12.5 Å². The summed E-state index contributed by atoms with van der Waals surface area (Å²) in [5.74, 6) is 0.491. The first-order valence-electron chi connectivity index (χ1n) is 4.08. The number of benzene rings is 1. The lowest BCUT2D eigenvalue weighted by Crippen LogP contribution is -2.29. The van der Waals surface area contributed by atoms with Gasteiger partial charge in [0.1, 0.15) is 0 Å². The van der Waals surface area contributed by atoms with Crippen LogP contribution in [0.3, 0.4) is 0 Å². The maximum Gasteiger partial charge on any atom is 0.189 e. The van der Waals surface area contributed by atoms with E-state index in [4.69, 9.17) is 17.3 Å². The van der Waals surface area contributed by atoms with Crippen molar-refractivity contribution in [2.75, 3.05) is 6.54 Å². The van der Waals surface area contributed by atoms with E-state index in [1.54, 1.807) is 0 Å². The topological polar surface area (TPSA) is 50.4 Å². The Labute approximate surface area is 98.1 Å². The molecule has 76 valence electrons. The van der Waals surface area contributed by atoms with Crippen LogP contribution in [0.15, 0.2) is 29.3 Å². The van der Waals surface area contributed by atoms with Gasteiger partial charge in [0.15, 0.2) is 5.96 Å². The summed E-state index contributed by atoms with van der Waals surface area (Å²) in [6, 6.07) is 7.84. The van der Waals surface area contributed by atoms with Gasteiger partial charge in [0.25, 0.3) is 0 Å². The quantitative estimate of drug-likeness (QED) is 0.823. The first-order chi connectivity index (χ1) is 6.27. The van der Waals surface area contributed by atoms with Gasteiger partial charge in [-0.2, -0.15) is 0 Å². The number of aliphatic imine (C=N–C) groups is 1. The molecular formula is C9H11BrClN3. The molecule has 0 radical (unpaired) electrons. The maximum atomic E-state index is 6.02. The van der Waals surface area contributed by atoms with Crippen LogP contribution >= 0.6 is 28.6 Å². The zero-order valence-corrected chi connectivity index (χ0v) is 9.87. The van der Waals surface area contributed by atoms with Crippen molar-refractivity contribution in [2.24, 2.45) is 10.7 Å². The van der Waals surface area contributed by atoms with Crippen molar-refractivity contribution in [3.63, 3.8) is 0 Å². The van der Waals surface area contributed by atoms with E-state index in [9.17, 15) is 0 Å². The van der Waals surface area contributed by atoms with Gasteiger partial charge in [0, 0.05) is 5.02 Å². The van der Waals surface area contributed by atoms with Crippen LogP contribution < -0.4 is 11.1 Å². The van der Waals surface area contributed by atoms with E-state index >= 15 is 0 Å². The summed E-state index contributed by atoms with van der Waals surface area (Å²) in [4.78, 5) is 4.06. The van der Waals surface area contributed by atoms with Crippen LogP contribution in [0.4, 0.5) is 0 Å². The molecule has 1 aromatic rings. The maximum absolute atomic E-state index is 6.02. The Morgan fingerprint density at radius 3 is 2.71 bits per heavy atom. The molecule has 1 heterocycles. The van der Waals surface area contributed by atoms with Gasteiger partial charge in [-0.05, 0) is 11.6 Å². The van der Waals surface area contributed by atoms with Gasteiger partial charge in [0.2, 0.25) is 0 Å². The summed E-state index contributed by atoms with van der Waals surface area (Å²) >= 11 is 6.02. The van der Waals surface area contributed by atoms with Gasteiger partial charge < -0.3 is 11.1 Å². The Morgan fingerprint density at radius 2 is 2.14 bits per heavy atom. The second-order valence-electron chi connectivity index (χ2n) is 2.94. The molecule has 0 aromatic heterocycles. The number of rotatable bonds is 1. The van der Waals surface area contributed by atoms with E-state index in [0.717, 1.165) is 10.6 Å². The Morgan fingerprint density at radius 1 is 1.43 bits per heavy atom. The Hall–Kier alpha value is -0.740. The third-order valence-electron chi connectivity index (χ3n) is 2.05. The van der Waals surface area contributed by atoms with Gasteiger partial charge >= 0.3 is 0 Å². The first kappa shape index (κ1) is 11.3. The zero-order valence-electron chi connectivity index (χ0n) is 7.40. The van der Waals surface area contributed by atoms with Crippen LogP contribution in [0.1, 0.15) is 11.6 Å². The minimum atomic E-state index is 0. The smallest absolute Gasteiger partial charge is 0.189 e. The Bertz CT molecular complexity index is 354. The summed E-state index contributed by atoms with van der Waals surface area (Å²) < 4.78 is 0. The number of halogens is 2. The summed E-state index contributed by atoms with van der Waals surface area (Å²) in [7, 11) is 0. The highest BCUT2D eigenvalue weighted by Gasteiger charge is 2.18. The molecule has 1 unspecified atom stereocenters. The SMILES string of the molecule is Br.NC1=NCC(c2ccccc2Cl)N1. The molecule has 0 aliphatic carbocycles. The molecule has 14 heavy (non-hydrogen) atoms. The number of guanidine groups is 1. The number of nitrogens with zero attached hydrogens (tertiary/aromatic N) is 1. The third kappa shape index (κ3) is 2.19. The van der Waals surface area contributed by atoms with Crippen LogP contribution in [0.25, 0.3) is 0 Å². The summed E-state index contributed by atoms with van der Waals surface area (Å²) in [6.45, 7) is 0.662. The second-order valence-corrected chi connectivity index (χ2v) is 3.35. The Kier molecular flexibility index (Phi) is 3.77. The highest BCUT2D eigenvalue weighted by molar-refractivity contribution is 8.93. The molecule has 5 heteroatoms. The van der Waals surface area contributed by atoms with Crippen molar-refractivity contribution in [3.8, 4) is 0 Å². The number of hydrogen-bond acceptors (Lipinski definition) is 3. The van der Waals surface area contributed by atoms with Crippen LogP contribution in [0, 0.1) is 0 Å². The van der Waals surface area contributed by atoms with Crippen molar-refractivity contribution in [1.29, 1.82) is 0 Å². The fourth-order valence-corrected chi connectivity index (χ4v) is 1.66. The summed E-state index contributed by atoms with van der Waals surface area (Å²) in [6.07, 6.45) is 0. The van der Waals surface area contributed by atoms with Crippen LogP contribution in [-0.2, 0) is 0 Å². The lowest BCUT2D eigenvalue weighted by atomic mass is 10.1. The third-order valence-corrected chi connectivity index (χ3v) is 2.39. The van der Waals surface area contributed by atoms with E-state index in [1.165, 1.54) is 0 Å². The highest BCUT2D eigenvalue weighted by atomic mass is 79.9. The standard InChI is InChI=1S/C9H10ClN3.BrH/c10-7-4-2-1-3-6(7)8-5-12-9(11)13-8;/h1-4,8H,5H2,(H3,11,12,13);1H. The molecule has 1 aromatic carbocycles. The second kappa shape index (κ2) is 4.66. The van der Waals surface area contributed by atoms with Gasteiger partial charge in [-0.3, -0.25) is 4.99 Å². The molecule has 3 N–H and O–H groups in total. The minimum Gasteiger partial charge on any atom is -0.370 e. The normalized spacial score (nSPS) is 19.5. The molecule has 1 aliphatic rings. The van der Waals surface area contributed by atoms with Crippen molar-refractivity contribution < 1.29 is 0 Å². The molecule has 0 saturated carbocycles. The predicted octanol–water partition coefficient (Wildman–Crippen LogP) is 1.88. The summed E-state index contributed by atoms with van der Waals surface area (Å²) in [5, 5.41) is 3.81. The predicted molar refractivity (Wildman–Crippen MR) is 64.1 cm³/mol. The van der Waals surface area contributed by atoms with Gasteiger partial charge in [-0.1, -0.05) is 29.8 Å². The van der Waals surface area contributed by atoms with Crippen molar-refractivity contribution >= 4 is 34.5 Å². The lowest BCUT2D eigenvalue weighted by molar-refractivity contribution is 0.708. The minimum absolute atomic E-state index is 0. The van der Waals surface area contributed by atoms with Crippen LogP contribution in [0.2, 0.25) is 5.02 Å². The molecule has 0 amide bonds. The number of hydrogen-bond donors (Lipinski definition) is 2. The molecule has 1 aliphatic heterocycles. The molecule has 2 rings (SSSR count). The molecule has 0 fully saturated rings. The molecule has 0 saturated heterocycles. The first-order valence-corrected chi connectivity index (χ1v) is 4.46. The lowest BCUT2D eigenvalue weighted by Gasteiger charge is -2.11. The monoisotopic (exact) mass is 275 g/mol. The number of nitrogens with one attached hydrogen (secondary N) is 1. The average molecular weight is 277 g/mol. The van der Waals surface area contributed by atoms with E-state index < -0.39 is 0 Å². The summed E-state index contributed by atoms with van der Waals surface area (Å²) in [5.41, 5.74) is 6.56. The van der Waals surface area contributed by atoms with Gasteiger partial charge in [-0.15, -0.1) is 17.0 Å². The average Bonchev–Trinajstić information content (AvgIpc) is 2.53. The van der Waals surface area contributed by atoms with E-state index in [2.05, 4.69) is 10.3 Å². The zero-order chi connectivity index (χ0) is 9.26. The molecule has 0 spiro atoms. The molecule has 0 bridgehead atoms. The van der Waals surface area contributed by atoms with Gasteiger partial charge in [-0.25, -0.2) is 0 Å². The molecular weight excluding hydrogens is 265 g/mol. The van der Waals surface area contributed by atoms with Crippen LogP contribution in [0.5, 0.6) is 0 Å².